The van der Waals surface area contributed by atoms with Crippen LogP contribution in [0, 0.1) is 0 Å². The molecule has 2 heterocycles. The SMILES string of the molecule is N/C(C(=O)O)=C1/CC(F)(F)CCC1=NCC1CCCCO1.O=c1ccc(Cl)c[nH]1. The molecule has 7 nitrogen and oxygen atoms in total. The summed E-state index contributed by atoms with van der Waals surface area (Å²) in [6.07, 6.45) is 3.47. The molecule has 1 aromatic rings. The van der Waals surface area contributed by atoms with Crippen molar-refractivity contribution in [3.8, 4) is 0 Å². The van der Waals surface area contributed by atoms with E-state index in [0.29, 0.717) is 23.9 Å². The molecule has 1 saturated heterocycles. The van der Waals surface area contributed by atoms with Crippen LogP contribution in [0.1, 0.15) is 38.5 Å². The number of carbonyl (C=O) groups is 1. The number of nitrogens with two attached hydrogens (primary N) is 1. The van der Waals surface area contributed by atoms with Crippen LogP contribution in [0.4, 0.5) is 8.78 Å². The van der Waals surface area contributed by atoms with Crippen molar-refractivity contribution >= 4 is 23.3 Å². The molecular weight excluding hydrogens is 408 g/mol. The number of H-pyrrole nitrogens is 1. The third-order valence-electron chi connectivity index (χ3n) is 4.57. The molecule has 3 rings (SSSR count). The lowest BCUT2D eigenvalue weighted by Crippen LogP contribution is -2.31. The largest absolute Gasteiger partial charge is 0.477 e. The normalized spacial score (nSPS) is 24.4. The number of ether oxygens (including phenoxy) is 1. The molecule has 0 amide bonds. The van der Waals surface area contributed by atoms with Gasteiger partial charge in [-0.3, -0.25) is 9.79 Å². The van der Waals surface area contributed by atoms with Crippen molar-refractivity contribution in [3.05, 3.63) is 45.0 Å². The molecule has 10 heteroatoms. The minimum absolute atomic E-state index is 0.0130. The highest BCUT2D eigenvalue weighted by Gasteiger charge is 2.38. The van der Waals surface area contributed by atoms with Gasteiger partial charge in [-0.2, -0.15) is 0 Å². The third kappa shape index (κ3) is 7.58. The van der Waals surface area contributed by atoms with E-state index in [1.165, 1.54) is 12.3 Å². The number of carboxylic acid groups (broad SMARTS) is 1. The van der Waals surface area contributed by atoms with Crippen LogP contribution in [0.25, 0.3) is 0 Å². The summed E-state index contributed by atoms with van der Waals surface area (Å²) >= 11 is 5.44. The van der Waals surface area contributed by atoms with Crippen LogP contribution in [0.5, 0.6) is 0 Å². The average molecular weight is 432 g/mol. The number of hydrogen-bond donors (Lipinski definition) is 3. The lowest BCUT2D eigenvalue weighted by atomic mass is 9.88. The Morgan fingerprint density at radius 3 is 2.72 bits per heavy atom. The van der Waals surface area contributed by atoms with E-state index < -0.39 is 24.0 Å². The van der Waals surface area contributed by atoms with Gasteiger partial charge in [0, 0.05) is 43.0 Å². The molecule has 1 aliphatic heterocycles. The molecule has 29 heavy (non-hydrogen) atoms. The molecule has 1 aliphatic carbocycles. The third-order valence-corrected chi connectivity index (χ3v) is 4.81. The van der Waals surface area contributed by atoms with Crippen molar-refractivity contribution < 1.29 is 23.4 Å². The summed E-state index contributed by atoms with van der Waals surface area (Å²) in [5, 5.41) is 9.48. The number of rotatable bonds is 3. The van der Waals surface area contributed by atoms with Crippen molar-refractivity contribution in [2.75, 3.05) is 13.2 Å². The minimum Gasteiger partial charge on any atom is -0.477 e. The number of aromatic amines is 1. The van der Waals surface area contributed by atoms with Gasteiger partial charge in [0.2, 0.25) is 5.56 Å². The topological polar surface area (TPSA) is 118 Å². The van der Waals surface area contributed by atoms with E-state index in [1.54, 1.807) is 6.07 Å². The van der Waals surface area contributed by atoms with Gasteiger partial charge in [-0.05, 0) is 31.7 Å². The Labute approximate surface area is 171 Å². The van der Waals surface area contributed by atoms with E-state index in [2.05, 4.69) is 9.98 Å². The molecule has 4 N–H and O–H groups in total. The number of pyridine rings is 1. The standard InChI is InChI=1S/C14H20F2N2O3.C5H4ClNO/c15-14(16)5-4-11(10(7-14)12(17)13(19)20)18-8-9-3-1-2-6-21-9;6-4-1-2-5(8)7-3-4/h9H,1-8,17H2,(H,19,20);1-3H,(H,7,8)/b12-10-,18-11?;. The highest BCUT2D eigenvalue weighted by atomic mass is 35.5. The van der Waals surface area contributed by atoms with Crippen LogP contribution >= 0.6 is 11.6 Å². The highest BCUT2D eigenvalue weighted by molar-refractivity contribution is 6.30. The first-order valence-corrected chi connectivity index (χ1v) is 9.65. The van der Waals surface area contributed by atoms with Crippen molar-refractivity contribution in [2.24, 2.45) is 10.7 Å². The Hall–Kier alpha value is -2.26. The van der Waals surface area contributed by atoms with Gasteiger partial charge in [-0.25, -0.2) is 13.6 Å². The number of allylic oxidation sites excluding steroid dienone is 1. The van der Waals surface area contributed by atoms with Crippen LogP contribution in [-0.2, 0) is 9.53 Å². The first kappa shape index (κ1) is 23.0. The second kappa shape index (κ2) is 10.5. The van der Waals surface area contributed by atoms with E-state index in [0.717, 1.165) is 19.3 Å². The number of aliphatic carboxylic acids is 1. The summed E-state index contributed by atoms with van der Waals surface area (Å²) in [5.41, 5.74) is 5.14. The maximum absolute atomic E-state index is 13.5. The average Bonchev–Trinajstić information content (AvgIpc) is 2.69. The van der Waals surface area contributed by atoms with Gasteiger partial charge >= 0.3 is 5.97 Å². The van der Waals surface area contributed by atoms with E-state index in [9.17, 15) is 18.4 Å². The zero-order chi connectivity index (χ0) is 21.4. The second-order valence-electron chi connectivity index (χ2n) is 6.88. The zero-order valence-corrected chi connectivity index (χ0v) is 16.6. The number of aromatic nitrogens is 1. The lowest BCUT2D eigenvalue weighted by Gasteiger charge is -2.27. The fourth-order valence-corrected chi connectivity index (χ4v) is 3.13. The van der Waals surface area contributed by atoms with Crippen LogP contribution in [-0.4, -0.2) is 46.9 Å². The Morgan fingerprint density at radius 2 is 2.17 bits per heavy atom. The summed E-state index contributed by atoms with van der Waals surface area (Å²) in [7, 11) is 0. The van der Waals surface area contributed by atoms with E-state index in [-0.39, 0.29) is 30.1 Å². The molecular formula is C19H24ClF2N3O4. The van der Waals surface area contributed by atoms with Gasteiger partial charge in [-0.15, -0.1) is 0 Å². The Morgan fingerprint density at radius 1 is 1.41 bits per heavy atom. The molecule has 1 aromatic heterocycles. The molecule has 0 radical (unpaired) electrons. The number of hydrogen-bond acceptors (Lipinski definition) is 5. The molecule has 1 atom stereocenters. The maximum Gasteiger partial charge on any atom is 0.352 e. The molecule has 2 fully saturated rings. The fourth-order valence-electron chi connectivity index (χ4n) is 3.01. The second-order valence-corrected chi connectivity index (χ2v) is 7.31. The Balaban J connectivity index is 0.000000313. The maximum atomic E-state index is 13.5. The van der Waals surface area contributed by atoms with Crippen molar-refractivity contribution in [2.45, 2.75) is 50.6 Å². The fraction of sp³-hybridized carbons (Fsp3) is 0.526. The summed E-state index contributed by atoms with van der Waals surface area (Å²) in [4.78, 5) is 28.0. The number of alkyl halides is 2. The van der Waals surface area contributed by atoms with E-state index >= 15 is 0 Å². The van der Waals surface area contributed by atoms with Crippen LogP contribution in [0.2, 0.25) is 5.02 Å². The van der Waals surface area contributed by atoms with Gasteiger partial charge in [0.25, 0.3) is 5.92 Å². The monoisotopic (exact) mass is 431 g/mol. The molecule has 0 spiro atoms. The summed E-state index contributed by atoms with van der Waals surface area (Å²) in [6, 6.07) is 2.92. The number of nitrogens with one attached hydrogen (secondary N) is 1. The summed E-state index contributed by atoms with van der Waals surface area (Å²) in [5.74, 6) is -4.31. The Kier molecular flexibility index (Phi) is 8.33. The number of carboxylic acids is 1. The van der Waals surface area contributed by atoms with Crippen LogP contribution in [0.15, 0.2) is 39.4 Å². The quantitative estimate of drug-likeness (QED) is 0.635. The smallest absolute Gasteiger partial charge is 0.352 e. The molecule has 0 aromatic carbocycles. The van der Waals surface area contributed by atoms with Crippen LogP contribution in [0.3, 0.4) is 0 Å². The minimum atomic E-state index is -2.92. The van der Waals surface area contributed by atoms with Crippen molar-refractivity contribution in [3.63, 3.8) is 0 Å². The van der Waals surface area contributed by atoms with Crippen molar-refractivity contribution in [1.29, 1.82) is 0 Å². The number of nitrogens with zero attached hydrogens (tertiary/aromatic N) is 1. The highest BCUT2D eigenvalue weighted by Crippen LogP contribution is 2.36. The van der Waals surface area contributed by atoms with Crippen LogP contribution < -0.4 is 11.3 Å². The predicted molar refractivity (Wildman–Crippen MR) is 106 cm³/mol. The van der Waals surface area contributed by atoms with E-state index in [1.807, 2.05) is 0 Å². The molecule has 0 bridgehead atoms. The summed E-state index contributed by atoms with van der Waals surface area (Å²) < 4.78 is 32.5. The van der Waals surface area contributed by atoms with Gasteiger partial charge < -0.3 is 20.6 Å². The Bertz CT molecular complexity index is 812. The molecule has 1 unspecified atom stereocenters. The first-order chi connectivity index (χ1) is 13.7. The summed E-state index contributed by atoms with van der Waals surface area (Å²) in [6.45, 7) is 1.06. The van der Waals surface area contributed by atoms with Crippen molar-refractivity contribution in [1.82, 2.24) is 4.98 Å². The molecule has 160 valence electrons. The van der Waals surface area contributed by atoms with Gasteiger partial charge in [0.1, 0.15) is 5.70 Å². The number of halogens is 3. The molecule has 1 saturated carbocycles. The predicted octanol–water partition coefficient (Wildman–Crippen LogP) is 3.14. The van der Waals surface area contributed by atoms with Gasteiger partial charge in [0.15, 0.2) is 0 Å². The van der Waals surface area contributed by atoms with Gasteiger partial charge in [0.05, 0.1) is 17.7 Å². The zero-order valence-electron chi connectivity index (χ0n) is 15.8. The van der Waals surface area contributed by atoms with Gasteiger partial charge in [-0.1, -0.05) is 11.6 Å². The van der Waals surface area contributed by atoms with E-state index in [4.69, 9.17) is 27.2 Å². The number of aliphatic imine (C=N–C) groups is 1. The lowest BCUT2D eigenvalue weighted by molar-refractivity contribution is -0.132. The molecule has 2 aliphatic rings. The first-order valence-electron chi connectivity index (χ1n) is 9.27.